The summed E-state index contributed by atoms with van der Waals surface area (Å²) in [6.45, 7) is 6.61. The third-order valence-electron chi connectivity index (χ3n) is 4.73. The highest BCUT2D eigenvalue weighted by Gasteiger charge is 2.19. The quantitative estimate of drug-likeness (QED) is 0.532. The van der Waals surface area contributed by atoms with Crippen LogP contribution in [0.25, 0.3) is 0 Å². The smallest absolute Gasteiger partial charge is 0.259 e. The van der Waals surface area contributed by atoms with Crippen molar-refractivity contribution in [2.24, 2.45) is 0 Å². The van der Waals surface area contributed by atoms with E-state index in [1.807, 2.05) is 62.4 Å². The van der Waals surface area contributed by atoms with Gasteiger partial charge in [-0.15, -0.1) is 0 Å². The fourth-order valence-electron chi connectivity index (χ4n) is 3.38. The fraction of sp³-hybridized carbons (Fsp3) is 0.240. The second-order valence-electron chi connectivity index (χ2n) is 7.21. The van der Waals surface area contributed by atoms with Crippen molar-refractivity contribution in [2.45, 2.75) is 33.6 Å². The predicted molar refractivity (Wildman–Crippen MR) is 113 cm³/mol. The number of aryl methyl sites for hydroxylation is 3. The van der Waals surface area contributed by atoms with Gasteiger partial charge in [0.1, 0.15) is 0 Å². The van der Waals surface area contributed by atoms with E-state index in [2.05, 4.69) is 31.2 Å². The van der Waals surface area contributed by atoms with E-state index in [0.29, 0.717) is 13.0 Å². The highest BCUT2D eigenvalue weighted by atomic mass is 16.7. The molecular weight excluding hydrogens is 346 g/mol. The highest BCUT2D eigenvalue weighted by Crippen LogP contribution is 2.26. The summed E-state index contributed by atoms with van der Waals surface area (Å²) < 4.78 is 0. The Balaban J connectivity index is 1.80. The lowest BCUT2D eigenvalue weighted by Crippen LogP contribution is -2.37. The van der Waals surface area contributed by atoms with Crippen molar-refractivity contribution in [3.8, 4) is 5.75 Å². The van der Waals surface area contributed by atoms with Crippen LogP contribution < -0.4 is 4.84 Å². The van der Waals surface area contributed by atoms with Crippen LogP contribution in [0.1, 0.15) is 27.8 Å². The minimum absolute atomic E-state index is 0.0403. The topological polar surface area (TPSA) is 29.5 Å². The Bertz CT molecular complexity index is 897. The minimum atomic E-state index is -0.0403. The Kier molecular flexibility index (Phi) is 6.49. The summed E-state index contributed by atoms with van der Waals surface area (Å²) in [5.74, 6) is 0.724. The van der Waals surface area contributed by atoms with Crippen molar-refractivity contribution in [1.29, 1.82) is 0 Å². The van der Waals surface area contributed by atoms with Crippen molar-refractivity contribution in [1.82, 2.24) is 5.06 Å². The molecule has 3 nitrogen and oxygen atoms in total. The maximum absolute atomic E-state index is 13.0. The molecule has 0 aromatic heterocycles. The van der Waals surface area contributed by atoms with Gasteiger partial charge in [-0.1, -0.05) is 78.4 Å². The van der Waals surface area contributed by atoms with Crippen molar-refractivity contribution >= 4 is 5.91 Å². The first-order valence-corrected chi connectivity index (χ1v) is 9.67. The van der Waals surface area contributed by atoms with Gasteiger partial charge < -0.3 is 4.84 Å². The Morgan fingerprint density at radius 3 is 1.93 bits per heavy atom. The minimum Gasteiger partial charge on any atom is -0.376 e. The summed E-state index contributed by atoms with van der Waals surface area (Å²) >= 11 is 0. The Morgan fingerprint density at radius 2 is 1.36 bits per heavy atom. The second kappa shape index (κ2) is 9.23. The standard InChI is InChI=1S/C25H27NO2/c1-19-16-20(2)25(21(3)17-19)28-26(15-14-22-10-6-4-7-11-22)24(27)18-23-12-8-5-9-13-23/h4-13,16-17H,14-15,18H2,1-3H3. The van der Waals surface area contributed by atoms with E-state index >= 15 is 0 Å². The maximum Gasteiger partial charge on any atom is 0.259 e. The van der Waals surface area contributed by atoms with E-state index < -0.39 is 0 Å². The molecule has 0 heterocycles. The van der Waals surface area contributed by atoms with Crippen LogP contribution in [0, 0.1) is 20.8 Å². The second-order valence-corrected chi connectivity index (χ2v) is 7.21. The van der Waals surface area contributed by atoms with Gasteiger partial charge in [-0.05, 0) is 49.4 Å². The van der Waals surface area contributed by atoms with E-state index in [9.17, 15) is 4.79 Å². The molecule has 0 aliphatic rings. The maximum atomic E-state index is 13.0. The van der Waals surface area contributed by atoms with Crippen molar-refractivity contribution < 1.29 is 9.63 Å². The lowest BCUT2D eigenvalue weighted by atomic mass is 10.1. The van der Waals surface area contributed by atoms with E-state index in [-0.39, 0.29) is 5.91 Å². The van der Waals surface area contributed by atoms with Crippen LogP contribution in [0.2, 0.25) is 0 Å². The summed E-state index contributed by atoms with van der Waals surface area (Å²) in [5.41, 5.74) is 5.43. The zero-order chi connectivity index (χ0) is 19.9. The van der Waals surface area contributed by atoms with Crippen molar-refractivity contribution in [3.63, 3.8) is 0 Å². The van der Waals surface area contributed by atoms with Crippen molar-refractivity contribution in [3.05, 3.63) is 101 Å². The molecule has 0 aliphatic heterocycles. The first-order valence-electron chi connectivity index (χ1n) is 9.67. The number of nitrogens with zero attached hydrogens (tertiary/aromatic N) is 1. The van der Waals surface area contributed by atoms with Crippen LogP contribution in [0.4, 0.5) is 0 Å². The van der Waals surface area contributed by atoms with E-state index in [1.165, 1.54) is 16.2 Å². The number of hydroxylamine groups is 2. The summed E-state index contributed by atoms with van der Waals surface area (Å²) in [6.07, 6.45) is 1.06. The first kappa shape index (κ1) is 19.7. The van der Waals surface area contributed by atoms with Crippen LogP contribution in [-0.4, -0.2) is 17.5 Å². The molecule has 0 unspecified atom stereocenters. The van der Waals surface area contributed by atoms with Gasteiger partial charge in [0.25, 0.3) is 5.91 Å². The number of hydrogen-bond acceptors (Lipinski definition) is 2. The summed E-state index contributed by atoms with van der Waals surface area (Å²) in [4.78, 5) is 19.2. The molecule has 3 rings (SSSR count). The average Bonchev–Trinajstić information content (AvgIpc) is 2.68. The summed E-state index contributed by atoms with van der Waals surface area (Å²) in [7, 11) is 0. The van der Waals surface area contributed by atoms with E-state index in [0.717, 1.165) is 28.9 Å². The lowest BCUT2D eigenvalue weighted by Gasteiger charge is -2.25. The normalized spacial score (nSPS) is 10.5. The Hall–Kier alpha value is -3.07. The molecule has 0 aliphatic carbocycles. The molecule has 28 heavy (non-hydrogen) atoms. The summed E-state index contributed by atoms with van der Waals surface area (Å²) in [6, 6.07) is 24.1. The Morgan fingerprint density at radius 1 is 0.821 bits per heavy atom. The largest absolute Gasteiger partial charge is 0.376 e. The zero-order valence-corrected chi connectivity index (χ0v) is 16.8. The van der Waals surface area contributed by atoms with Gasteiger partial charge in [-0.3, -0.25) is 4.79 Å². The van der Waals surface area contributed by atoms with Gasteiger partial charge in [0, 0.05) is 0 Å². The van der Waals surface area contributed by atoms with Gasteiger partial charge in [0.15, 0.2) is 5.75 Å². The van der Waals surface area contributed by atoms with Gasteiger partial charge in [0.05, 0.1) is 13.0 Å². The molecule has 0 atom stereocenters. The highest BCUT2D eigenvalue weighted by molar-refractivity contribution is 5.78. The molecule has 144 valence electrons. The fourth-order valence-corrected chi connectivity index (χ4v) is 3.38. The third kappa shape index (κ3) is 5.23. The van der Waals surface area contributed by atoms with Crippen LogP contribution >= 0.6 is 0 Å². The molecule has 0 bridgehead atoms. The molecule has 0 N–H and O–H groups in total. The van der Waals surface area contributed by atoms with Crippen LogP contribution in [0.5, 0.6) is 5.75 Å². The van der Waals surface area contributed by atoms with Crippen LogP contribution in [-0.2, 0) is 17.6 Å². The van der Waals surface area contributed by atoms with Gasteiger partial charge >= 0.3 is 0 Å². The van der Waals surface area contributed by atoms with Crippen molar-refractivity contribution in [2.75, 3.05) is 6.54 Å². The molecule has 1 amide bonds. The van der Waals surface area contributed by atoms with Gasteiger partial charge in [0.2, 0.25) is 0 Å². The lowest BCUT2D eigenvalue weighted by molar-refractivity contribution is -0.156. The molecule has 0 saturated carbocycles. The van der Waals surface area contributed by atoms with Gasteiger partial charge in [-0.2, -0.15) is 5.06 Å². The number of benzene rings is 3. The predicted octanol–water partition coefficient (Wildman–Crippen LogP) is 5.22. The van der Waals surface area contributed by atoms with E-state index in [4.69, 9.17) is 4.84 Å². The number of amides is 1. The molecule has 0 saturated heterocycles. The molecule has 3 aromatic rings. The number of rotatable bonds is 7. The first-order chi connectivity index (χ1) is 13.5. The molecule has 3 aromatic carbocycles. The Labute approximate surface area is 167 Å². The monoisotopic (exact) mass is 373 g/mol. The molecule has 0 fully saturated rings. The molecule has 0 spiro atoms. The molecule has 0 radical (unpaired) electrons. The van der Waals surface area contributed by atoms with Gasteiger partial charge in [-0.25, -0.2) is 0 Å². The average molecular weight is 373 g/mol. The van der Waals surface area contributed by atoms with Crippen LogP contribution in [0.3, 0.4) is 0 Å². The molecule has 3 heteroatoms. The van der Waals surface area contributed by atoms with E-state index in [1.54, 1.807) is 0 Å². The molecular formula is C25H27NO2. The number of carbonyl (C=O) groups is 1. The zero-order valence-electron chi connectivity index (χ0n) is 16.8. The third-order valence-corrected chi connectivity index (χ3v) is 4.73. The number of carbonyl (C=O) groups excluding carboxylic acids is 1. The summed E-state index contributed by atoms with van der Waals surface area (Å²) in [5, 5.41) is 1.52. The van der Waals surface area contributed by atoms with Crippen LogP contribution in [0.15, 0.2) is 72.8 Å². The number of hydrogen-bond donors (Lipinski definition) is 0. The SMILES string of the molecule is Cc1cc(C)c(ON(CCc2ccccc2)C(=O)Cc2ccccc2)c(C)c1.